The number of ether oxygens (including phenoxy) is 1. The molecule has 0 saturated heterocycles. The number of pyridine rings is 1. The summed E-state index contributed by atoms with van der Waals surface area (Å²) in [4.78, 5) is 8.87. The summed E-state index contributed by atoms with van der Waals surface area (Å²) in [6.07, 6.45) is 2.73. The number of aliphatic imine (C=N–C) groups is 1. The van der Waals surface area contributed by atoms with E-state index in [1.165, 1.54) is 0 Å². The summed E-state index contributed by atoms with van der Waals surface area (Å²) in [5.41, 5.74) is 0.864. The maximum Gasteiger partial charge on any atom is 0.213 e. The first-order chi connectivity index (χ1) is 13.0. The van der Waals surface area contributed by atoms with Crippen LogP contribution >= 0.6 is 0 Å². The van der Waals surface area contributed by atoms with Gasteiger partial charge in [-0.15, -0.1) is 0 Å². The highest BCUT2D eigenvalue weighted by atomic mass is 16.5. The van der Waals surface area contributed by atoms with Crippen LogP contribution < -0.4 is 15.4 Å². The molecule has 1 heterocycles. The van der Waals surface area contributed by atoms with E-state index in [9.17, 15) is 5.11 Å². The summed E-state index contributed by atoms with van der Waals surface area (Å²) in [5, 5.41) is 17.1. The van der Waals surface area contributed by atoms with Crippen LogP contribution in [0.1, 0.15) is 38.3 Å². The van der Waals surface area contributed by atoms with Gasteiger partial charge in [-0.05, 0) is 31.4 Å². The van der Waals surface area contributed by atoms with Crippen molar-refractivity contribution in [2.24, 2.45) is 4.99 Å². The minimum Gasteiger partial charge on any atom is -0.478 e. The van der Waals surface area contributed by atoms with Crippen molar-refractivity contribution in [2.45, 2.75) is 39.3 Å². The Morgan fingerprint density at radius 1 is 1.15 bits per heavy atom. The lowest BCUT2D eigenvalue weighted by Gasteiger charge is -2.25. The summed E-state index contributed by atoms with van der Waals surface area (Å²) in [7, 11) is 0. The third-order valence-corrected chi connectivity index (χ3v) is 4.01. The summed E-state index contributed by atoms with van der Waals surface area (Å²) in [5.74, 6) is 1.29. The molecule has 6 heteroatoms. The van der Waals surface area contributed by atoms with Gasteiger partial charge in [-0.25, -0.2) is 9.98 Å². The van der Waals surface area contributed by atoms with E-state index in [-0.39, 0.29) is 0 Å². The van der Waals surface area contributed by atoms with Crippen molar-refractivity contribution in [2.75, 3.05) is 19.7 Å². The molecule has 0 radical (unpaired) electrons. The molecule has 2 aromatic rings. The number of aliphatic hydroxyl groups is 1. The molecule has 0 bridgehead atoms. The Labute approximate surface area is 161 Å². The van der Waals surface area contributed by atoms with Crippen molar-refractivity contribution < 1.29 is 9.84 Å². The fourth-order valence-corrected chi connectivity index (χ4v) is 2.46. The third-order valence-electron chi connectivity index (χ3n) is 4.01. The molecule has 0 fully saturated rings. The van der Waals surface area contributed by atoms with Gasteiger partial charge in [0.15, 0.2) is 5.96 Å². The molecule has 0 aliphatic heterocycles. The summed E-state index contributed by atoms with van der Waals surface area (Å²) >= 11 is 0. The molecular weight excluding hydrogens is 340 g/mol. The Morgan fingerprint density at radius 2 is 1.93 bits per heavy atom. The van der Waals surface area contributed by atoms with Crippen LogP contribution in [0.5, 0.6) is 5.88 Å². The van der Waals surface area contributed by atoms with Crippen LogP contribution in [0, 0.1) is 0 Å². The number of aromatic nitrogens is 1. The van der Waals surface area contributed by atoms with Crippen LogP contribution in [0.25, 0.3) is 0 Å². The zero-order valence-corrected chi connectivity index (χ0v) is 16.4. The second-order valence-electron chi connectivity index (χ2n) is 6.54. The molecule has 0 amide bonds. The lowest BCUT2D eigenvalue weighted by molar-refractivity contribution is 0.0617. The molecular formula is C21H30N4O2. The molecule has 1 atom stereocenters. The predicted molar refractivity (Wildman–Crippen MR) is 109 cm³/mol. The number of hydrogen-bond donors (Lipinski definition) is 3. The van der Waals surface area contributed by atoms with Gasteiger partial charge in [-0.1, -0.05) is 43.3 Å². The lowest BCUT2D eigenvalue weighted by atomic mass is 9.96. The Bertz CT molecular complexity index is 700. The van der Waals surface area contributed by atoms with Crippen LogP contribution in [0.15, 0.2) is 53.7 Å². The highest BCUT2D eigenvalue weighted by Gasteiger charge is 2.22. The maximum absolute atomic E-state index is 10.7. The second-order valence-corrected chi connectivity index (χ2v) is 6.54. The molecule has 6 nitrogen and oxygen atoms in total. The Balaban J connectivity index is 1.95. The monoisotopic (exact) mass is 370 g/mol. The maximum atomic E-state index is 10.7. The second kappa shape index (κ2) is 10.5. The largest absolute Gasteiger partial charge is 0.478 e. The van der Waals surface area contributed by atoms with Gasteiger partial charge in [0, 0.05) is 18.8 Å². The van der Waals surface area contributed by atoms with Crippen molar-refractivity contribution in [3.8, 4) is 5.88 Å². The van der Waals surface area contributed by atoms with Crippen LogP contribution in [0.2, 0.25) is 0 Å². The Morgan fingerprint density at radius 3 is 2.56 bits per heavy atom. The highest BCUT2D eigenvalue weighted by Crippen LogP contribution is 2.18. The minimum atomic E-state index is -0.989. The molecule has 0 saturated carbocycles. The zero-order chi connectivity index (χ0) is 19.5. The van der Waals surface area contributed by atoms with E-state index in [1.807, 2.05) is 49.4 Å². The average molecular weight is 370 g/mol. The van der Waals surface area contributed by atoms with E-state index < -0.39 is 5.60 Å². The predicted octanol–water partition coefficient (Wildman–Crippen LogP) is 2.83. The van der Waals surface area contributed by atoms with Gasteiger partial charge in [-0.2, -0.15) is 0 Å². The van der Waals surface area contributed by atoms with Crippen molar-refractivity contribution in [1.29, 1.82) is 0 Å². The van der Waals surface area contributed by atoms with E-state index in [2.05, 4.69) is 27.5 Å². The van der Waals surface area contributed by atoms with Gasteiger partial charge in [-0.3, -0.25) is 0 Å². The van der Waals surface area contributed by atoms with Gasteiger partial charge >= 0.3 is 0 Å². The first kappa shape index (κ1) is 20.7. The van der Waals surface area contributed by atoms with E-state index in [4.69, 9.17) is 4.74 Å². The van der Waals surface area contributed by atoms with E-state index in [0.29, 0.717) is 31.5 Å². The van der Waals surface area contributed by atoms with Gasteiger partial charge < -0.3 is 20.5 Å². The molecule has 1 unspecified atom stereocenters. The normalized spacial score (nSPS) is 13.7. The van der Waals surface area contributed by atoms with E-state index in [1.54, 1.807) is 13.1 Å². The summed E-state index contributed by atoms with van der Waals surface area (Å²) in [6, 6.07) is 13.4. The average Bonchev–Trinajstić information content (AvgIpc) is 2.70. The molecule has 0 aliphatic carbocycles. The first-order valence-electron chi connectivity index (χ1n) is 9.43. The van der Waals surface area contributed by atoms with Crippen LogP contribution in [0.4, 0.5) is 0 Å². The fraction of sp³-hybridized carbons (Fsp3) is 0.429. The number of hydrogen-bond acceptors (Lipinski definition) is 4. The number of nitrogens with one attached hydrogen (secondary N) is 2. The number of nitrogens with zero attached hydrogens (tertiary/aromatic N) is 2. The highest BCUT2D eigenvalue weighted by molar-refractivity contribution is 5.79. The standard InChI is InChI=1S/C21H30N4O2/c1-4-13-27-19-12-11-17(14-23-19)15-24-20(22-5-2)25-16-21(3,26)18-9-7-6-8-10-18/h6-12,14,26H,4-5,13,15-16H2,1-3H3,(H2,22,24,25). The third kappa shape index (κ3) is 6.90. The molecule has 1 aromatic carbocycles. The number of guanidine groups is 1. The minimum absolute atomic E-state index is 0.352. The summed E-state index contributed by atoms with van der Waals surface area (Å²) in [6.45, 7) is 8.11. The Hall–Kier alpha value is -2.60. The smallest absolute Gasteiger partial charge is 0.213 e. The Kier molecular flexibility index (Phi) is 8.07. The van der Waals surface area contributed by atoms with Gasteiger partial charge in [0.2, 0.25) is 5.88 Å². The SMILES string of the molecule is CCCOc1ccc(CN=C(NCC)NCC(C)(O)c2ccccc2)cn1. The molecule has 2 rings (SSSR count). The van der Waals surface area contributed by atoms with E-state index in [0.717, 1.165) is 24.1 Å². The quantitative estimate of drug-likeness (QED) is 0.467. The van der Waals surface area contributed by atoms with E-state index >= 15 is 0 Å². The number of rotatable bonds is 9. The van der Waals surface area contributed by atoms with Crippen LogP contribution in [-0.2, 0) is 12.1 Å². The molecule has 27 heavy (non-hydrogen) atoms. The molecule has 0 spiro atoms. The van der Waals surface area contributed by atoms with Crippen LogP contribution in [0.3, 0.4) is 0 Å². The fourth-order valence-electron chi connectivity index (χ4n) is 2.46. The molecule has 1 aromatic heterocycles. The van der Waals surface area contributed by atoms with Crippen molar-refractivity contribution >= 4 is 5.96 Å². The first-order valence-corrected chi connectivity index (χ1v) is 9.43. The zero-order valence-electron chi connectivity index (χ0n) is 16.4. The van der Waals surface area contributed by atoms with Gasteiger partial charge in [0.1, 0.15) is 5.60 Å². The molecule has 0 aliphatic rings. The van der Waals surface area contributed by atoms with Gasteiger partial charge in [0.05, 0.1) is 19.7 Å². The lowest BCUT2D eigenvalue weighted by Crippen LogP contribution is -2.44. The summed E-state index contributed by atoms with van der Waals surface area (Å²) < 4.78 is 5.49. The molecule has 146 valence electrons. The topological polar surface area (TPSA) is 78.8 Å². The molecule has 3 N–H and O–H groups in total. The van der Waals surface area contributed by atoms with Crippen molar-refractivity contribution in [1.82, 2.24) is 15.6 Å². The van der Waals surface area contributed by atoms with Crippen molar-refractivity contribution in [3.05, 3.63) is 59.8 Å². The van der Waals surface area contributed by atoms with Crippen LogP contribution in [-0.4, -0.2) is 35.7 Å². The van der Waals surface area contributed by atoms with Gasteiger partial charge in [0.25, 0.3) is 0 Å². The van der Waals surface area contributed by atoms with Crippen molar-refractivity contribution in [3.63, 3.8) is 0 Å². The number of benzene rings is 1.